The number of carbonyl (C=O) groups is 1. The van der Waals surface area contributed by atoms with Crippen molar-refractivity contribution >= 4 is 27.5 Å². The zero-order valence-electron chi connectivity index (χ0n) is 15.1. The summed E-state index contributed by atoms with van der Waals surface area (Å²) in [4.78, 5) is 31.2. The van der Waals surface area contributed by atoms with Gasteiger partial charge in [-0.2, -0.15) is 0 Å². The minimum absolute atomic E-state index is 0.0365. The Hall–Kier alpha value is -1.69. The zero-order chi connectivity index (χ0) is 17.8. The summed E-state index contributed by atoms with van der Waals surface area (Å²) in [5.41, 5.74) is 0.969. The maximum absolute atomic E-state index is 12.6. The van der Waals surface area contributed by atoms with Crippen LogP contribution in [-0.2, 0) is 11.3 Å². The molecule has 6 heteroatoms. The van der Waals surface area contributed by atoms with Crippen molar-refractivity contribution in [3.8, 4) is 0 Å². The van der Waals surface area contributed by atoms with Gasteiger partial charge in [0.2, 0.25) is 5.91 Å². The Morgan fingerprint density at radius 1 is 1.24 bits per heavy atom. The van der Waals surface area contributed by atoms with Crippen LogP contribution in [0.15, 0.2) is 11.1 Å². The molecule has 0 spiro atoms. The van der Waals surface area contributed by atoms with Gasteiger partial charge in [0.05, 0.1) is 11.7 Å². The van der Waals surface area contributed by atoms with E-state index < -0.39 is 0 Å². The summed E-state index contributed by atoms with van der Waals surface area (Å²) >= 11 is 1.55. The van der Waals surface area contributed by atoms with E-state index in [1.54, 1.807) is 22.2 Å². The van der Waals surface area contributed by atoms with Crippen LogP contribution in [-0.4, -0.2) is 21.5 Å². The number of aryl methyl sites for hydroxylation is 3. The Kier molecular flexibility index (Phi) is 5.89. The van der Waals surface area contributed by atoms with Crippen LogP contribution >= 0.6 is 11.3 Å². The molecule has 1 saturated carbocycles. The van der Waals surface area contributed by atoms with Crippen LogP contribution in [0.2, 0.25) is 0 Å². The molecule has 0 radical (unpaired) electrons. The average molecular weight is 362 g/mol. The Bertz CT molecular complexity index is 801. The molecular weight excluding hydrogens is 334 g/mol. The minimum Gasteiger partial charge on any atom is -0.353 e. The molecule has 0 unspecified atom stereocenters. The SMILES string of the molecule is Cc1sc2ncn(CCC(=O)NC3CCCCCCC3)c(=O)c2c1C. The number of amides is 1. The molecule has 5 nitrogen and oxygen atoms in total. The van der Waals surface area contributed by atoms with Crippen LogP contribution in [0.25, 0.3) is 10.2 Å². The standard InChI is InChI=1S/C19H27N3O2S/c1-13-14(2)25-18-17(13)19(24)22(12-20-18)11-10-16(23)21-15-8-6-4-3-5-7-9-15/h12,15H,3-11H2,1-2H3,(H,21,23). The van der Waals surface area contributed by atoms with Crippen molar-refractivity contribution in [3.05, 3.63) is 27.1 Å². The molecule has 2 heterocycles. The maximum atomic E-state index is 12.6. The molecule has 136 valence electrons. The van der Waals surface area contributed by atoms with Crippen LogP contribution < -0.4 is 10.9 Å². The Morgan fingerprint density at radius 3 is 2.64 bits per heavy atom. The summed E-state index contributed by atoms with van der Waals surface area (Å²) in [5.74, 6) is 0.0378. The van der Waals surface area contributed by atoms with Crippen LogP contribution in [0.5, 0.6) is 0 Å². The van der Waals surface area contributed by atoms with Crippen molar-refractivity contribution in [2.45, 2.75) is 77.8 Å². The molecule has 0 aromatic carbocycles. The summed E-state index contributed by atoms with van der Waals surface area (Å²) in [6.07, 6.45) is 10.3. The van der Waals surface area contributed by atoms with E-state index in [4.69, 9.17) is 0 Å². The number of nitrogens with one attached hydrogen (secondary N) is 1. The van der Waals surface area contributed by atoms with Gasteiger partial charge in [-0.3, -0.25) is 14.2 Å². The number of carbonyl (C=O) groups excluding carboxylic acids is 1. The van der Waals surface area contributed by atoms with E-state index >= 15 is 0 Å². The fourth-order valence-electron chi connectivity index (χ4n) is 3.55. The zero-order valence-corrected chi connectivity index (χ0v) is 16.0. The second-order valence-electron chi connectivity index (χ2n) is 7.07. The third-order valence-corrected chi connectivity index (χ3v) is 6.32. The first-order valence-electron chi connectivity index (χ1n) is 9.31. The monoisotopic (exact) mass is 361 g/mol. The fourth-order valence-corrected chi connectivity index (χ4v) is 4.54. The van der Waals surface area contributed by atoms with E-state index in [1.807, 2.05) is 13.8 Å². The molecule has 1 N–H and O–H groups in total. The highest BCUT2D eigenvalue weighted by molar-refractivity contribution is 7.18. The number of nitrogens with zero attached hydrogens (tertiary/aromatic N) is 2. The van der Waals surface area contributed by atoms with Crippen molar-refractivity contribution in [1.82, 2.24) is 14.9 Å². The van der Waals surface area contributed by atoms with Crippen LogP contribution in [0.3, 0.4) is 0 Å². The van der Waals surface area contributed by atoms with E-state index in [0.717, 1.165) is 28.1 Å². The molecule has 1 aliphatic rings. The molecule has 25 heavy (non-hydrogen) atoms. The molecule has 2 aromatic rings. The van der Waals surface area contributed by atoms with Gasteiger partial charge in [0.15, 0.2) is 0 Å². The number of rotatable bonds is 4. The first-order chi connectivity index (χ1) is 12.1. The maximum Gasteiger partial charge on any atom is 0.262 e. The predicted molar refractivity (Wildman–Crippen MR) is 102 cm³/mol. The Balaban J connectivity index is 1.62. The molecule has 3 rings (SSSR count). The van der Waals surface area contributed by atoms with E-state index in [1.165, 1.54) is 32.1 Å². The summed E-state index contributed by atoms with van der Waals surface area (Å²) in [7, 11) is 0. The highest BCUT2D eigenvalue weighted by Crippen LogP contribution is 2.25. The molecule has 1 amide bonds. The van der Waals surface area contributed by atoms with Gasteiger partial charge in [-0.15, -0.1) is 11.3 Å². The van der Waals surface area contributed by atoms with Crippen LogP contribution in [0, 0.1) is 13.8 Å². The number of fused-ring (bicyclic) bond motifs is 1. The lowest BCUT2D eigenvalue weighted by atomic mass is 9.96. The second-order valence-corrected chi connectivity index (χ2v) is 8.27. The molecule has 0 aliphatic heterocycles. The van der Waals surface area contributed by atoms with Gasteiger partial charge in [-0.1, -0.05) is 32.1 Å². The Morgan fingerprint density at radius 2 is 1.92 bits per heavy atom. The predicted octanol–water partition coefficient (Wildman–Crippen LogP) is 3.69. The van der Waals surface area contributed by atoms with Gasteiger partial charge in [-0.25, -0.2) is 4.98 Å². The third-order valence-electron chi connectivity index (χ3n) is 5.21. The third kappa shape index (κ3) is 4.29. The first-order valence-corrected chi connectivity index (χ1v) is 10.1. The largest absolute Gasteiger partial charge is 0.353 e. The fraction of sp³-hybridized carbons (Fsp3) is 0.632. The quantitative estimate of drug-likeness (QED) is 0.903. The summed E-state index contributed by atoms with van der Waals surface area (Å²) < 4.78 is 1.57. The topological polar surface area (TPSA) is 64.0 Å². The highest BCUT2D eigenvalue weighted by atomic mass is 32.1. The van der Waals surface area contributed by atoms with Gasteiger partial charge in [0, 0.05) is 23.9 Å². The number of hydrogen-bond acceptors (Lipinski definition) is 4. The van der Waals surface area contributed by atoms with E-state index in [9.17, 15) is 9.59 Å². The van der Waals surface area contributed by atoms with Crippen molar-refractivity contribution in [2.24, 2.45) is 0 Å². The molecule has 0 saturated heterocycles. The first kappa shape index (κ1) is 18.1. The number of aromatic nitrogens is 2. The van der Waals surface area contributed by atoms with Gasteiger partial charge >= 0.3 is 0 Å². The van der Waals surface area contributed by atoms with E-state index in [2.05, 4.69) is 10.3 Å². The smallest absolute Gasteiger partial charge is 0.262 e. The van der Waals surface area contributed by atoms with Crippen LogP contribution in [0.4, 0.5) is 0 Å². The lowest BCUT2D eigenvalue weighted by Crippen LogP contribution is -2.36. The summed E-state index contributed by atoms with van der Waals surface area (Å²) in [6.45, 7) is 4.35. The number of thiophene rings is 1. The van der Waals surface area contributed by atoms with E-state index in [-0.39, 0.29) is 11.5 Å². The molecule has 0 bridgehead atoms. The van der Waals surface area contributed by atoms with Crippen molar-refractivity contribution in [3.63, 3.8) is 0 Å². The van der Waals surface area contributed by atoms with E-state index in [0.29, 0.717) is 24.4 Å². The molecule has 1 aliphatic carbocycles. The van der Waals surface area contributed by atoms with Crippen molar-refractivity contribution in [2.75, 3.05) is 0 Å². The van der Waals surface area contributed by atoms with Gasteiger partial charge in [-0.05, 0) is 32.3 Å². The van der Waals surface area contributed by atoms with Crippen LogP contribution in [0.1, 0.15) is 61.8 Å². The molecule has 2 aromatic heterocycles. The lowest BCUT2D eigenvalue weighted by molar-refractivity contribution is -0.122. The molecule has 0 atom stereocenters. The van der Waals surface area contributed by atoms with Gasteiger partial charge in [0.25, 0.3) is 5.56 Å². The second kappa shape index (κ2) is 8.13. The van der Waals surface area contributed by atoms with Gasteiger partial charge in [0.1, 0.15) is 4.83 Å². The minimum atomic E-state index is -0.0365. The average Bonchev–Trinajstić information content (AvgIpc) is 2.84. The Labute approximate surface area is 152 Å². The normalized spacial score (nSPS) is 16.6. The van der Waals surface area contributed by atoms with Crippen molar-refractivity contribution in [1.29, 1.82) is 0 Å². The summed E-state index contributed by atoms with van der Waals surface area (Å²) in [6, 6.07) is 0.298. The molecular formula is C19H27N3O2S. The summed E-state index contributed by atoms with van der Waals surface area (Å²) in [5, 5.41) is 3.86. The lowest BCUT2D eigenvalue weighted by Gasteiger charge is -2.21. The molecule has 1 fully saturated rings. The highest BCUT2D eigenvalue weighted by Gasteiger charge is 2.15. The van der Waals surface area contributed by atoms with Gasteiger partial charge < -0.3 is 5.32 Å². The number of hydrogen-bond donors (Lipinski definition) is 1. The van der Waals surface area contributed by atoms with Crippen molar-refractivity contribution < 1.29 is 4.79 Å².